The van der Waals surface area contributed by atoms with E-state index < -0.39 is 34.4 Å². The molecule has 218 valence electrons. The van der Waals surface area contributed by atoms with Crippen molar-refractivity contribution >= 4 is 51.6 Å². The molecule has 4 rings (SSSR count). The number of carbonyl (C=O) groups excluding carboxylic acids is 1. The first-order valence-electron chi connectivity index (χ1n) is 12.0. The Hall–Kier alpha value is -2.51. The molecule has 1 aromatic heterocycles. The minimum absolute atomic E-state index is 0. The highest BCUT2D eigenvalue weighted by molar-refractivity contribution is 7.87. The summed E-state index contributed by atoms with van der Waals surface area (Å²) in [4.78, 5) is 13.2. The van der Waals surface area contributed by atoms with Crippen LogP contribution in [0.25, 0.3) is 16.9 Å². The molecule has 1 aliphatic rings. The molecule has 0 aliphatic carbocycles. The molecule has 40 heavy (non-hydrogen) atoms. The van der Waals surface area contributed by atoms with E-state index in [0.29, 0.717) is 27.5 Å². The number of carbonyl (C=O) groups is 1. The third-order valence-corrected chi connectivity index (χ3v) is 7.77. The summed E-state index contributed by atoms with van der Waals surface area (Å²) in [5, 5.41) is 7.10. The van der Waals surface area contributed by atoms with E-state index in [9.17, 15) is 26.4 Å². The zero-order valence-corrected chi connectivity index (χ0v) is 24.3. The molecule has 3 aromatic rings. The van der Waals surface area contributed by atoms with Crippen LogP contribution in [-0.4, -0.2) is 54.1 Å². The SMILES string of the molecule is Cc1c(C(=O)NN2CCCCC2)nn(-c2ccc(Cl)cc2Cl)c1-c1ccc(OS(=O)(=O)CCC(F)(F)F)cc1.Cl. The minimum Gasteiger partial charge on any atom is -0.382 e. The second-order valence-electron chi connectivity index (χ2n) is 9.05. The molecule has 1 N–H and O–H groups in total. The number of aromatic nitrogens is 2. The maximum Gasteiger partial charge on any atom is 0.390 e. The highest BCUT2D eigenvalue weighted by Crippen LogP contribution is 2.34. The largest absolute Gasteiger partial charge is 0.390 e. The predicted octanol–water partition coefficient (Wildman–Crippen LogP) is 6.37. The number of amides is 1. The summed E-state index contributed by atoms with van der Waals surface area (Å²) in [5.74, 6) is -1.75. The number of hydrazine groups is 1. The van der Waals surface area contributed by atoms with Crippen molar-refractivity contribution in [1.29, 1.82) is 0 Å². The fourth-order valence-electron chi connectivity index (χ4n) is 4.18. The lowest BCUT2D eigenvalue weighted by atomic mass is 10.1. The third-order valence-electron chi connectivity index (χ3n) is 6.08. The van der Waals surface area contributed by atoms with Gasteiger partial charge in [0.05, 0.1) is 28.6 Å². The van der Waals surface area contributed by atoms with Crippen LogP contribution in [-0.2, 0) is 10.1 Å². The van der Waals surface area contributed by atoms with Gasteiger partial charge in [0.25, 0.3) is 5.91 Å². The molecule has 1 saturated heterocycles. The average Bonchev–Trinajstić information content (AvgIpc) is 3.20. The molecule has 0 atom stereocenters. The summed E-state index contributed by atoms with van der Waals surface area (Å²) in [5.41, 5.74) is 5.07. The maximum atomic E-state index is 13.2. The summed E-state index contributed by atoms with van der Waals surface area (Å²) < 4.78 is 67.7. The number of rotatable bonds is 8. The molecule has 0 unspecified atom stereocenters. The molecule has 15 heteroatoms. The molecular weight excluding hydrogens is 616 g/mol. The van der Waals surface area contributed by atoms with Crippen LogP contribution >= 0.6 is 35.6 Å². The molecule has 2 heterocycles. The standard InChI is InChI=1S/C25H25Cl2F3N4O4S.ClH/c1-16-22(24(35)32-33-12-3-2-4-13-33)31-34(21-10-7-18(26)15-20(21)27)23(16)17-5-8-19(9-6-17)38-39(36,37)14-11-25(28,29)30;/h5-10,15H,2-4,11-14H2,1H3,(H,32,35);1H. The molecule has 2 aromatic carbocycles. The summed E-state index contributed by atoms with van der Waals surface area (Å²) in [6, 6.07) is 10.5. The zero-order valence-electron chi connectivity index (χ0n) is 21.2. The first-order chi connectivity index (χ1) is 18.3. The van der Waals surface area contributed by atoms with E-state index in [1.165, 1.54) is 35.0 Å². The molecule has 1 fully saturated rings. The molecule has 0 bridgehead atoms. The van der Waals surface area contributed by atoms with E-state index in [0.717, 1.165) is 32.4 Å². The highest BCUT2D eigenvalue weighted by atomic mass is 35.5. The van der Waals surface area contributed by atoms with Crippen molar-refractivity contribution in [3.63, 3.8) is 0 Å². The van der Waals surface area contributed by atoms with Crippen molar-refractivity contribution in [3.8, 4) is 22.7 Å². The Morgan fingerprint density at radius 1 is 1.07 bits per heavy atom. The minimum atomic E-state index is -4.63. The smallest absolute Gasteiger partial charge is 0.382 e. The monoisotopic (exact) mass is 640 g/mol. The average molecular weight is 642 g/mol. The van der Waals surface area contributed by atoms with Gasteiger partial charge in [-0.05, 0) is 62.2 Å². The summed E-state index contributed by atoms with van der Waals surface area (Å²) >= 11 is 12.5. The van der Waals surface area contributed by atoms with E-state index >= 15 is 0 Å². The number of nitrogens with zero attached hydrogens (tertiary/aromatic N) is 3. The van der Waals surface area contributed by atoms with E-state index in [1.54, 1.807) is 19.1 Å². The molecule has 1 aliphatic heterocycles. The van der Waals surface area contributed by atoms with Crippen molar-refractivity contribution < 1.29 is 30.6 Å². The number of hydrogen-bond donors (Lipinski definition) is 1. The molecule has 0 saturated carbocycles. The van der Waals surface area contributed by atoms with Gasteiger partial charge in [0.2, 0.25) is 0 Å². The van der Waals surface area contributed by atoms with Crippen molar-refractivity contribution in [2.45, 2.75) is 38.8 Å². The molecule has 1 amide bonds. The summed E-state index contributed by atoms with van der Waals surface area (Å²) in [7, 11) is -4.46. The van der Waals surface area contributed by atoms with E-state index in [-0.39, 0.29) is 28.9 Å². The van der Waals surface area contributed by atoms with Crippen LogP contribution in [0, 0.1) is 6.92 Å². The number of piperidine rings is 1. The maximum absolute atomic E-state index is 13.2. The summed E-state index contributed by atoms with van der Waals surface area (Å²) in [6.45, 7) is 3.18. The van der Waals surface area contributed by atoms with Crippen LogP contribution in [0.15, 0.2) is 42.5 Å². The van der Waals surface area contributed by atoms with Crippen molar-refractivity contribution in [1.82, 2.24) is 20.2 Å². The number of benzene rings is 2. The van der Waals surface area contributed by atoms with Crippen LogP contribution in [0.3, 0.4) is 0 Å². The number of nitrogens with one attached hydrogen (secondary N) is 1. The molecular formula is C25H26Cl3F3N4O4S. The fourth-order valence-corrected chi connectivity index (χ4v) is 5.64. The van der Waals surface area contributed by atoms with Gasteiger partial charge in [0.1, 0.15) is 5.75 Å². The number of hydrogen-bond acceptors (Lipinski definition) is 6. The topological polar surface area (TPSA) is 93.5 Å². The molecule has 0 radical (unpaired) electrons. The zero-order chi connectivity index (χ0) is 28.4. The highest BCUT2D eigenvalue weighted by Gasteiger charge is 2.31. The van der Waals surface area contributed by atoms with Gasteiger partial charge in [0, 0.05) is 29.2 Å². The second-order valence-corrected chi connectivity index (χ2v) is 11.6. The first kappa shape index (κ1) is 32.0. The van der Waals surface area contributed by atoms with Crippen LogP contribution in [0.1, 0.15) is 41.7 Å². The lowest BCUT2D eigenvalue weighted by Crippen LogP contribution is -2.45. The Labute approximate surface area is 245 Å². The van der Waals surface area contributed by atoms with Crippen LogP contribution < -0.4 is 9.61 Å². The fraction of sp³-hybridized carbons (Fsp3) is 0.360. The Kier molecular flexibility index (Phi) is 10.4. The van der Waals surface area contributed by atoms with Crippen LogP contribution in [0.2, 0.25) is 10.0 Å². The van der Waals surface area contributed by atoms with Crippen LogP contribution in [0.5, 0.6) is 5.75 Å². The van der Waals surface area contributed by atoms with Crippen molar-refractivity contribution in [2.75, 3.05) is 18.8 Å². The van der Waals surface area contributed by atoms with E-state index in [2.05, 4.69) is 10.5 Å². The van der Waals surface area contributed by atoms with Gasteiger partial charge in [-0.2, -0.15) is 26.7 Å². The lowest BCUT2D eigenvalue weighted by molar-refractivity contribution is -0.130. The Morgan fingerprint density at radius 2 is 1.73 bits per heavy atom. The predicted molar refractivity (Wildman–Crippen MR) is 149 cm³/mol. The van der Waals surface area contributed by atoms with Gasteiger partial charge in [-0.15, -0.1) is 12.4 Å². The second kappa shape index (κ2) is 13.0. The van der Waals surface area contributed by atoms with Crippen LogP contribution in [0.4, 0.5) is 13.2 Å². The van der Waals surface area contributed by atoms with Gasteiger partial charge in [0.15, 0.2) is 5.69 Å². The third kappa shape index (κ3) is 8.03. The van der Waals surface area contributed by atoms with E-state index in [1.807, 2.05) is 5.01 Å². The Bertz CT molecular complexity index is 1460. The molecule has 0 spiro atoms. The van der Waals surface area contributed by atoms with Gasteiger partial charge in [-0.3, -0.25) is 10.2 Å². The first-order valence-corrected chi connectivity index (χ1v) is 14.4. The normalized spacial score (nSPS) is 14.4. The number of alkyl halides is 3. The number of halogens is 6. The van der Waals surface area contributed by atoms with Gasteiger partial charge in [-0.25, -0.2) is 9.69 Å². The summed E-state index contributed by atoms with van der Waals surface area (Å²) in [6.07, 6.45) is -3.10. The van der Waals surface area contributed by atoms with Gasteiger partial charge in [-0.1, -0.05) is 29.6 Å². The van der Waals surface area contributed by atoms with Crippen molar-refractivity contribution in [2.24, 2.45) is 0 Å². The quantitative estimate of drug-likeness (QED) is 0.288. The Balaban J connectivity index is 0.00000441. The van der Waals surface area contributed by atoms with Gasteiger partial charge >= 0.3 is 16.3 Å². The van der Waals surface area contributed by atoms with E-state index in [4.69, 9.17) is 27.4 Å². The Morgan fingerprint density at radius 3 is 2.33 bits per heavy atom. The molecule has 8 nitrogen and oxygen atoms in total. The van der Waals surface area contributed by atoms with Gasteiger partial charge < -0.3 is 4.18 Å². The lowest BCUT2D eigenvalue weighted by Gasteiger charge is -2.26. The van der Waals surface area contributed by atoms with Crippen molar-refractivity contribution in [3.05, 3.63) is 63.8 Å².